The standard InChI is InChI=1S/C14H17ClFN3O/c1-8(2)6-12(17)14-18-13(19-20-14)7-9-10(15)4-3-5-11(9)16/h3-5,8,12H,6-7,17H2,1-2H3. The highest BCUT2D eigenvalue weighted by Gasteiger charge is 2.17. The fourth-order valence-corrected chi connectivity index (χ4v) is 2.19. The van der Waals surface area contributed by atoms with Crippen molar-refractivity contribution in [1.82, 2.24) is 10.1 Å². The van der Waals surface area contributed by atoms with Crippen LogP contribution in [0.3, 0.4) is 0 Å². The molecule has 1 aromatic carbocycles. The van der Waals surface area contributed by atoms with Crippen molar-refractivity contribution in [1.29, 1.82) is 0 Å². The van der Waals surface area contributed by atoms with Crippen LogP contribution in [0.5, 0.6) is 0 Å². The average molecular weight is 298 g/mol. The summed E-state index contributed by atoms with van der Waals surface area (Å²) in [4.78, 5) is 4.21. The number of nitrogens with zero attached hydrogens (tertiary/aromatic N) is 2. The van der Waals surface area contributed by atoms with E-state index in [0.717, 1.165) is 6.42 Å². The van der Waals surface area contributed by atoms with E-state index in [2.05, 4.69) is 24.0 Å². The van der Waals surface area contributed by atoms with Crippen LogP contribution < -0.4 is 5.73 Å². The molecule has 6 heteroatoms. The summed E-state index contributed by atoms with van der Waals surface area (Å²) in [5.74, 6) is 0.809. The lowest BCUT2D eigenvalue weighted by atomic mass is 10.0. The Morgan fingerprint density at radius 2 is 2.15 bits per heavy atom. The molecule has 0 aliphatic rings. The van der Waals surface area contributed by atoms with E-state index in [9.17, 15) is 4.39 Å². The van der Waals surface area contributed by atoms with Gasteiger partial charge in [-0.2, -0.15) is 4.98 Å². The Kier molecular flexibility index (Phi) is 4.73. The average Bonchev–Trinajstić information content (AvgIpc) is 2.82. The number of hydrogen-bond donors (Lipinski definition) is 1. The molecule has 20 heavy (non-hydrogen) atoms. The molecule has 0 radical (unpaired) electrons. The molecule has 2 rings (SSSR count). The highest BCUT2D eigenvalue weighted by Crippen LogP contribution is 2.22. The Balaban J connectivity index is 2.14. The highest BCUT2D eigenvalue weighted by atomic mass is 35.5. The lowest BCUT2D eigenvalue weighted by molar-refractivity contribution is 0.332. The second-order valence-corrected chi connectivity index (χ2v) is 5.57. The third-order valence-electron chi connectivity index (χ3n) is 2.92. The van der Waals surface area contributed by atoms with Crippen LogP contribution >= 0.6 is 11.6 Å². The molecule has 4 nitrogen and oxygen atoms in total. The van der Waals surface area contributed by atoms with Gasteiger partial charge in [-0.3, -0.25) is 0 Å². The van der Waals surface area contributed by atoms with Gasteiger partial charge in [0.2, 0.25) is 5.89 Å². The minimum atomic E-state index is -0.379. The quantitative estimate of drug-likeness (QED) is 0.917. The Morgan fingerprint density at radius 1 is 1.40 bits per heavy atom. The second kappa shape index (κ2) is 6.33. The largest absolute Gasteiger partial charge is 0.338 e. The maximum atomic E-state index is 13.7. The maximum Gasteiger partial charge on any atom is 0.243 e. The SMILES string of the molecule is CC(C)CC(N)c1nc(Cc2c(F)cccc2Cl)no1. The molecule has 1 heterocycles. The van der Waals surface area contributed by atoms with Gasteiger partial charge in [0.15, 0.2) is 5.82 Å². The third kappa shape index (κ3) is 3.55. The van der Waals surface area contributed by atoms with Crippen LogP contribution in [0.2, 0.25) is 5.02 Å². The van der Waals surface area contributed by atoms with Crippen molar-refractivity contribution < 1.29 is 8.91 Å². The minimum absolute atomic E-state index is 0.184. The van der Waals surface area contributed by atoms with Crippen molar-refractivity contribution >= 4 is 11.6 Å². The summed E-state index contributed by atoms with van der Waals surface area (Å²) >= 11 is 5.97. The highest BCUT2D eigenvalue weighted by molar-refractivity contribution is 6.31. The molecule has 108 valence electrons. The summed E-state index contributed by atoms with van der Waals surface area (Å²) in [6.45, 7) is 4.13. The van der Waals surface area contributed by atoms with Gasteiger partial charge in [0.25, 0.3) is 0 Å². The second-order valence-electron chi connectivity index (χ2n) is 5.16. The summed E-state index contributed by atoms with van der Waals surface area (Å²) in [6.07, 6.45) is 0.936. The zero-order chi connectivity index (χ0) is 14.7. The van der Waals surface area contributed by atoms with Crippen LogP contribution in [0.1, 0.15) is 43.6 Å². The summed E-state index contributed by atoms with van der Waals surface area (Å²) in [5.41, 5.74) is 6.33. The molecule has 2 aromatic rings. The van der Waals surface area contributed by atoms with Crippen molar-refractivity contribution in [2.24, 2.45) is 11.7 Å². The first-order chi connectivity index (χ1) is 9.47. The van der Waals surface area contributed by atoms with E-state index in [1.54, 1.807) is 12.1 Å². The van der Waals surface area contributed by atoms with Gasteiger partial charge in [-0.25, -0.2) is 4.39 Å². The Labute approximate surface area is 122 Å². The third-order valence-corrected chi connectivity index (χ3v) is 3.28. The number of aromatic nitrogens is 2. The smallest absolute Gasteiger partial charge is 0.243 e. The van der Waals surface area contributed by atoms with E-state index in [1.807, 2.05) is 0 Å². The summed E-state index contributed by atoms with van der Waals surface area (Å²) < 4.78 is 18.8. The lowest BCUT2D eigenvalue weighted by Gasteiger charge is -2.08. The molecule has 0 amide bonds. The maximum absolute atomic E-state index is 13.7. The first-order valence-electron chi connectivity index (χ1n) is 6.48. The van der Waals surface area contributed by atoms with Gasteiger partial charge in [-0.05, 0) is 24.5 Å². The van der Waals surface area contributed by atoms with Gasteiger partial charge in [-0.1, -0.05) is 36.7 Å². The van der Waals surface area contributed by atoms with Gasteiger partial charge in [-0.15, -0.1) is 0 Å². The monoisotopic (exact) mass is 297 g/mol. The van der Waals surface area contributed by atoms with Crippen LogP contribution in [-0.2, 0) is 6.42 Å². The van der Waals surface area contributed by atoms with Gasteiger partial charge >= 0.3 is 0 Å². The molecule has 0 aliphatic carbocycles. The minimum Gasteiger partial charge on any atom is -0.338 e. The molecule has 0 spiro atoms. The predicted molar refractivity (Wildman–Crippen MR) is 74.9 cm³/mol. The zero-order valence-electron chi connectivity index (χ0n) is 11.4. The predicted octanol–water partition coefficient (Wildman–Crippen LogP) is 3.50. The van der Waals surface area contributed by atoms with E-state index in [1.165, 1.54) is 6.07 Å². The van der Waals surface area contributed by atoms with Crippen LogP contribution in [0, 0.1) is 11.7 Å². The van der Waals surface area contributed by atoms with Gasteiger partial charge in [0.05, 0.1) is 6.04 Å². The van der Waals surface area contributed by atoms with Crippen LogP contribution in [-0.4, -0.2) is 10.1 Å². The van der Waals surface area contributed by atoms with E-state index >= 15 is 0 Å². The number of halogens is 2. The van der Waals surface area contributed by atoms with Crippen molar-refractivity contribution in [3.8, 4) is 0 Å². The normalized spacial score (nSPS) is 12.9. The molecule has 1 atom stereocenters. The van der Waals surface area contributed by atoms with Crippen LogP contribution in [0.15, 0.2) is 22.7 Å². The molecule has 1 unspecified atom stereocenters. The Morgan fingerprint density at radius 3 is 2.80 bits per heavy atom. The summed E-state index contributed by atoms with van der Waals surface area (Å²) in [6, 6.07) is 4.24. The van der Waals surface area contributed by atoms with Crippen LogP contribution in [0.4, 0.5) is 4.39 Å². The van der Waals surface area contributed by atoms with Crippen molar-refractivity contribution in [3.63, 3.8) is 0 Å². The number of nitrogens with two attached hydrogens (primary N) is 1. The summed E-state index contributed by atoms with van der Waals surface area (Å²) in [7, 11) is 0. The molecular weight excluding hydrogens is 281 g/mol. The van der Waals surface area contributed by atoms with Gasteiger partial charge in [0.1, 0.15) is 5.82 Å². The van der Waals surface area contributed by atoms with E-state index in [0.29, 0.717) is 28.2 Å². The Bertz CT molecular complexity index is 565. The van der Waals surface area contributed by atoms with Crippen molar-refractivity contribution in [2.45, 2.75) is 32.7 Å². The van der Waals surface area contributed by atoms with Crippen molar-refractivity contribution in [2.75, 3.05) is 0 Å². The van der Waals surface area contributed by atoms with E-state index < -0.39 is 0 Å². The van der Waals surface area contributed by atoms with E-state index in [-0.39, 0.29) is 18.3 Å². The molecule has 1 aromatic heterocycles. The first kappa shape index (κ1) is 14.9. The molecule has 0 bridgehead atoms. The molecule has 0 fully saturated rings. The Hall–Kier alpha value is -1.46. The molecular formula is C14H17ClFN3O. The first-order valence-corrected chi connectivity index (χ1v) is 6.86. The lowest BCUT2D eigenvalue weighted by Crippen LogP contribution is -2.13. The molecule has 0 saturated carbocycles. The van der Waals surface area contributed by atoms with Crippen molar-refractivity contribution in [3.05, 3.63) is 46.3 Å². The summed E-state index contributed by atoms with van der Waals surface area (Å²) in [5, 5.41) is 4.18. The van der Waals surface area contributed by atoms with E-state index in [4.69, 9.17) is 21.9 Å². The number of benzene rings is 1. The van der Waals surface area contributed by atoms with Gasteiger partial charge < -0.3 is 10.3 Å². The van der Waals surface area contributed by atoms with Crippen LogP contribution in [0.25, 0.3) is 0 Å². The fourth-order valence-electron chi connectivity index (χ4n) is 1.96. The van der Waals surface area contributed by atoms with Gasteiger partial charge in [0, 0.05) is 17.0 Å². The molecule has 0 aliphatic heterocycles. The number of rotatable bonds is 5. The topological polar surface area (TPSA) is 64.9 Å². The zero-order valence-corrected chi connectivity index (χ0v) is 12.2. The molecule has 0 saturated heterocycles. The molecule has 2 N–H and O–H groups in total. The fraction of sp³-hybridized carbons (Fsp3) is 0.429. The number of hydrogen-bond acceptors (Lipinski definition) is 4.